The van der Waals surface area contributed by atoms with E-state index in [0.717, 1.165) is 5.56 Å². The predicted octanol–water partition coefficient (Wildman–Crippen LogP) is 6.27. The molecule has 0 spiro atoms. The Hall–Kier alpha value is -4.37. The zero-order valence-corrected chi connectivity index (χ0v) is 23.5. The van der Waals surface area contributed by atoms with E-state index in [2.05, 4.69) is 31.3 Å². The van der Waals surface area contributed by atoms with Gasteiger partial charge in [-0.25, -0.2) is 19.9 Å². The molecule has 0 saturated heterocycles. The average Bonchev–Trinajstić information content (AvgIpc) is 3.02. The standard InChI is InChI=1S/C32H35N5O4/c1-21-12-13-24(31(39)36-26-18-23(14-15-27(26)40-2)22-8-4-3-5-9-22)19-28(21)41-32-25(10-6-16-33-32)30-35-20-34-29(37-30)11-7-17-38/h6,10,12-16,18-20,22,38H,3-5,7-9,11,17H2,1-2H3,(H,36,39). The fourth-order valence-corrected chi connectivity index (χ4v) is 5.12. The highest BCUT2D eigenvalue weighted by molar-refractivity contribution is 6.05. The number of amides is 1. The molecule has 1 aliphatic carbocycles. The number of methoxy groups -OCH3 is 1. The van der Waals surface area contributed by atoms with Crippen LogP contribution in [-0.4, -0.2) is 44.7 Å². The highest BCUT2D eigenvalue weighted by Crippen LogP contribution is 2.37. The van der Waals surface area contributed by atoms with Crippen LogP contribution in [0.25, 0.3) is 11.4 Å². The van der Waals surface area contributed by atoms with Gasteiger partial charge in [-0.2, -0.15) is 0 Å². The number of anilines is 1. The lowest BCUT2D eigenvalue weighted by Gasteiger charge is -2.23. The van der Waals surface area contributed by atoms with Crippen molar-refractivity contribution in [1.29, 1.82) is 0 Å². The fraction of sp³-hybridized carbons (Fsp3) is 0.344. The van der Waals surface area contributed by atoms with Crippen LogP contribution >= 0.6 is 0 Å². The van der Waals surface area contributed by atoms with Crippen LogP contribution in [0.2, 0.25) is 0 Å². The summed E-state index contributed by atoms with van der Waals surface area (Å²) in [6.07, 6.45) is 10.3. The molecule has 2 aromatic carbocycles. The van der Waals surface area contributed by atoms with E-state index in [1.807, 2.05) is 31.2 Å². The number of aliphatic hydroxyl groups excluding tert-OH is 1. The molecule has 0 aliphatic heterocycles. The van der Waals surface area contributed by atoms with Gasteiger partial charge < -0.3 is 19.9 Å². The highest BCUT2D eigenvalue weighted by Gasteiger charge is 2.19. The SMILES string of the molecule is COc1ccc(C2CCCCC2)cc1NC(=O)c1ccc(C)c(Oc2ncccc2-c2ncnc(CCCO)n2)c1. The molecule has 2 N–H and O–H groups in total. The third-order valence-electron chi connectivity index (χ3n) is 7.40. The number of carbonyl (C=O) groups excluding carboxylic acids is 1. The van der Waals surface area contributed by atoms with Crippen molar-refractivity contribution in [2.24, 2.45) is 0 Å². The molecule has 0 bridgehead atoms. The number of ether oxygens (including phenoxy) is 2. The lowest BCUT2D eigenvalue weighted by molar-refractivity contribution is 0.102. The van der Waals surface area contributed by atoms with Crippen LogP contribution in [0.5, 0.6) is 17.4 Å². The Morgan fingerprint density at radius 1 is 1.02 bits per heavy atom. The third-order valence-corrected chi connectivity index (χ3v) is 7.40. The first-order chi connectivity index (χ1) is 20.1. The number of benzene rings is 2. The molecule has 212 valence electrons. The average molecular weight is 554 g/mol. The molecule has 9 heteroatoms. The summed E-state index contributed by atoms with van der Waals surface area (Å²) in [5.74, 6) is 2.68. The normalized spacial score (nSPS) is 13.5. The lowest BCUT2D eigenvalue weighted by atomic mass is 9.84. The number of hydrogen-bond donors (Lipinski definition) is 2. The van der Waals surface area contributed by atoms with Gasteiger partial charge in [0.05, 0.1) is 18.4 Å². The van der Waals surface area contributed by atoms with Crippen molar-refractivity contribution in [1.82, 2.24) is 19.9 Å². The van der Waals surface area contributed by atoms with E-state index in [0.29, 0.717) is 64.6 Å². The molecule has 0 unspecified atom stereocenters. The van der Waals surface area contributed by atoms with Gasteiger partial charge in [0.1, 0.15) is 23.7 Å². The van der Waals surface area contributed by atoms with E-state index in [1.54, 1.807) is 31.5 Å². The van der Waals surface area contributed by atoms with Crippen LogP contribution in [0.3, 0.4) is 0 Å². The second kappa shape index (κ2) is 13.3. The molecule has 5 rings (SSSR count). The minimum atomic E-state index is -0.263. The Bertz CT molecular complexity index is 1500. The number of rotatable bonds is 10. The highest BCUT2D eigenvalue weighted by atomic mass is 16.5. The molecule has 1 saturated carbocycles. The van der Waals surface area contributed by atoms with Gasteiger partial charge in [0, 0.05) is 24.8 Å². The Morgan fingerprint density at radius 3 is 2.68 bits per heavy atom. The first-order valence-electron chi connectivity index (χ1n) is 14.1. The van der Waals surface area contributed by atoms with E-state index in [9.17, 15) is 4.79 Å². The van der Waals surface area contributed by atoms with Crippen LogP contribution in [0.1, 0.15) is 71.8 Å². The van der Waals surface area contributed by atoms with E-state index in [-0.39, 0.29) is 12.5 Å². The minimum Gasteiger partial charge on any atom is -0.495 e. The van der Waals surface area contributed by atoms with Crippen molar-refractivity contribution in [3.05, 3.63) is 83.6 Å². The number of nitrogens with zero attached hydrogens (tertiary/aromatic N) is 4. The summed E-state index contributed by atoms with van der Waals surface area (Å²) in [6, 6.07) is 15.0. The van der Waals surface area contributed by atoms with E-state index in [4.69, 9.17) is 14.6 Å². The van der Waals surface area contributed by atoms with Gasteiger partial charge in [0.15, 0.2) is 5.82 Å². The summed E-state index contributed by atoms with van der Waals surface area (Å²) in [4.78, 5) is 30.9. The first kappa shape index (κ1) is 28.2. The molecule has 1 amide bonds. The Morgan fingerprint density at radius 2 is 1.88 bits per heavy atom. The first-order valence-corrected chi connectivity index (χ1v) is 14.1. The van der Waals surface area contributed by atoms with E-state index < -0.39 is 0 Å². The van der Waals surface area contributed by atoms with Crippen LogP contribution in [-0.2, 0) is 6.42 Å². The summed E-state index contributed by atoms with van der Waals surface area (Å²) < 4.78 is 11.8. The quantitative estimate of drug-likeness (QED) is 0.236. The number of aryl methyl sites for hydroxylation is 2. The number of hydrogen-bond acceptors (Lipinski definition) is 8. The summed E-state index contributed by atoms with van der Waals surface area (Å²) in [6.45, 7) is 1.97. The van der Waals surface area contributed by atoms with E-state index in [1.165, 1.54) is 44.0 Å². The summed E-state index contributed by atoms with van der Waals surface area (Å²) in [7, 11) is 1.61. The Labute approximate surface area is 240 Å². The van der Waals surface area contributed by atoms with Crippen molar-refractivity contribution >= 4 is 11.6 Å². The largest absolute Gasteiger partial charge is 0.495 e. The lowest BCUT2D eigenvalue weighted by Crippen LogP contribution is -2.14. The number of nitrogens with one attached hydrogen (secondary N) is 1. The monoisotopic (exact) mass is 553 g/mol. The third kappa shape index (κ3) is 6.86. The molecule has 2 heterocycles. The van der Waals surface area contributed by atoms with Crippen molar-refractivity contribution < 1.29 is 19.4 Å². The van der Waals surface area contributed by atoms with Gasteiger partial charge in [0.2, 0.25) is 5.88 Å². The topological polar surface area (TPSA) is 119 Å². The summed E-state index contributed by atoms with van der Waals surface area (Å²) in [5, 5.41) is 12.2. The van der Waals surface area contributed by atoms with Crippen molar-refractivity contribution in [2.45, 2.75) is 57.8 Å². The van der Waals surface area contributed by atoms with Gasteiger partial charge in [0.25, 0.3) is 5.91 Å². The minimum absolute atomic E-state index is 0.0597. The predicted molar refractivity (Wildman–Crippen MR) is 156 cm³/mol. The Kier molecular flexibility index (Phi) is 9.15. The number of aliphatic hydroxyl groups is 1. The van der Waals surface area contributed by atoms with Gasteiger partial charge in [-0.3, -0.25) is 4.79 Å². The smallest absolute Gasteiger partial charge is 0.255 e. The zero-order valence-electron chi connectivity index (χ0n) is 23.5. The van der Waals surface area contributed by atoms with Crippen LogP contribution < -0.4 is 14.8 Å². The molecule has 9 nitrogen and oxygen atoms in total. The molecular weight excluding hydrogens is 518 g/mol. The number of aromatic nitrogens is 4. The Balaban J connectivity index is 1.38. The van der Waals surface area contributed by atoms with Crippen molar-refractivity contribution in [2.75, 3.05) is 19.0 Å². The van der Waals surface area contributed by atoms with Gasteiger partial charge in [-0.1, -0.05) is 31.4 Å². The maximum Gasteiger partial charge on any atom is 0.255 e. The van der Waals surface area contributed by atoms with Crippen LogP contribution in [0.4, 0.5) is 5.69 Å². The fourth-order valence-electron chi connectivity index (χ4n) is 5.12. The van der Waals surface area contributed by atoms with Gasteiger partial charge in [-0.05, 0) is 79.6 Å². The van der Waals surface area contributed by atoms with Crippen molar-refractivity contribution in [3.8, 4) is 28.8 Å². The summed E-state index contributed by atoms with van der Waals surface area (Å²) >= 11 is 0. The maximum atomic E-state index is 13.4. The van der Waals surface area contributed by atoms with E-state index >= 15 is 0 Å². The summed E-state index contributed by atoms with van der Waals surface area (Å²) in [5.41, 5.74) is 3.77. The molecule has 0 atom stereocenters. The molecule has 4 aromatic rings. The molecule has 2 aromatic heterocycles. The van der Waals surface area contributed by atoms with Crippen molar-refractivity contribution in [3.63, 3.8) is 0 Å². The van der Waals surface area contributed by atoms with Gasteiger partial charge >= 0.3 is 0 Å². The number of pyridine rings is 1. The zero-order chi connectivity index (χ0) is 28.6. The molecule has 41 heavy (non-hydrogen) atoms. The maximum absolute atomic E-state index is 13.4. The second-order valence-electron chi connectivity index (χ2n) is 10.2. The second-order valence-corrected chi connectivity index (χ2v) is 10.2. The van der Waals surface area contributed by atoms with Gasteiger partial charge in [-0.15, -0.1) is 0 Å². The molecular formula is C32H35N5O4. The molecule has 0 radical (unpaired) electrons. The van der Waals surface area contributed by atoms with Crippen LogP contribution in [0, 0.1) is 6.92 Å². The molecule has 1 aliphatic rings. The molecule has 1 fully saturated rings. The number of carbonyl (C=O) groups is 1. The van der Waals surface area contributed by atoms with Crippen LogP contribution in [0.15, 0.2) is 61.1 Å².